The molecule has 1 aromatic rings. The van der Waals surface area contributed by atoms with E-state index in [1.54, 1.807) is 11.8 Å². The van der Waals surface area contributed by atoms with E-state index < -0.39 is 0 Å². The van der Waals surface area contributed by atoms with Gasteiger partial charge in [0, 0.05) is 23.4 Å². The van der Waals surface area contributed by atoms with Crippen molar-refractivity contribution in [1.82, 2.24) is 15.3 Å². The van der Waals surface area contributed by atoms with Crippen LogP contribution in [0.5, 0.6) is 0 Å². The third-order valence-corrected chi connectivity index (χ3v) is 3.67. The van der Waals surface area contributed by atoms with Gasteiger partial charge in [0.25, 0.3) is 5.91 Å². The average Bonchev–Trinajstić information content (AvgIpc) is 2.71. The number of nitrogen functional groups attached to an aromatic ring is 1. The van der Waals surface area contributed by atoms with E-state index in [-0.39, 0.29) is 5.91 Å². The number of carbonyl (C=O) groups is 1. The van der Waals surface area contributed by atoms with E-state index in [2.05, 4.69) is 15.3 Å². The first-order valence-corrected chi connectivity index (χ1v) is 6.84. The molecule has 16 heavy (non-hydrogen) atoms. The molecule has 1 rings (SSSR count). The van der Waals surface area contributed by atoms with Gasteiger partial charge in [0.05, 0.1) is 5.69 Å². The summed E-state index contributed by atoms with van der Waals surface area (Å²) >= 11 is 3.13. The van der Waals surface area contributed by atoms with Crippen LogP contribution >= 0.6 is 23.1 Å². The van der Waals surface area contributed by atoms with E-state index in [1.807, 2.05) is 19.5 Å². The summed E-state index contributed by atoms with van der Waals surface area (Å²) in [5.41, 5.74) is 3.01. The molecular weight excluding hydrogens is 244 g/mol. The number of nitrogens with zero attached hydrogens (tertiary/aromatic N) is 2. The third kappa shape index (κ3) is 4.48. The standard InChI is InChI=1S/C9H16N4OS2/c1-13(2)3-4-15-5-7-6-16-9(11-7)8(14)12-10/h6H,3-5,10H2,1-2H3,(H,12,14). The fourth-order valence-electron chi connectivity index (χ4n) is 0.963. The Labute approximate surface area is 103 Å². The van der Waals surface area contributed by atoms with Gasteiger partial charge in [-0.05, 0) is 14.1 Å². The Morgan fingerprint density at radius 2 is 2.44 bits per heavy atom. The minimum Gasteiger partial charge on any atom is -0.309 e. The predicted octanol–water partition coefficient (Wildman–Crippen LogP) is 0.541. The number of carbonyl (C=O) groups excluding carboxylic acids is 1. The maximum atomic E-state index is 11.1. The number of amides is 1. The number of thioether (sulfide) groups is 1. The summed E-state index contributed by atoms with van der Waals surface area (Å²) in [4.78, 5) is 17.5. The van der Waals surface area contributed by atoms with E-state index in [0.717, 1.165) is 23.7 Å². The normalized spacial score (nSPS) is 10.8. The van der Waals surface area contributed by atoms with Crippen molar-refractivity contribution in [2.24, 2.45) is 5.84 Å². The molecule has 1 heterocycles. The average molecular weight is 260 g/mol. The van der Waals surface area contributed by atoms with Crippen LogP contribution in [0.15, 0.2) is 5.38 Å². The number of nitrogens with two attached hydrogens (primary N) is 1. The first-order chi connectivity index (χ1) is 7.63. The lowest BCUT2D eigenvalue weighted by Gasteiger charge is -2.07. The quantitative estimate of drug-likeness (QED) is 0.338. The van der Waals surface area contributed by atoms with Gasteiger partial charge in [-0.3, -0.25) is 10.2 Å². The van der Waals surface area contributed by atoms with Gasteiger partial charge in [0.2, 0.25) is 0 Å². The highest BCUT2D eigenvalue weighted by Gasteiger charge is 2.08. The van der Waals surface area contributed by atoms with Crippen LogP contribution in [0.3, 0.4) is 0 Å². The highest BCUT2D eigenvalue weighted by Crippen LogP contribution is 2.15. The zero-order valence-corrected chi connectivity index (χ0v) is 11.0. The fraction of sp³-hybridized carbons (Fsp3) is 0.556. The molecule has 1 aromatic heterocycles. The van der Waals surface area contributed by atoms with Crippen LogP contribution in [0, 0.1) is 0 Å². The van der Waals surface area contributed by atoms with Crippen LogP contribution in [0.2, 0.25) is 0 Å². The van der Waals surface area contributed by atoms with E-state index >= 15 is 0 Å². The second kappa shape index (κ2) is 6.85. The zero-order chi connectivity index (χ0) is 12.0. The Bertz CT molecular complexity index is 340. The molecule has 0 saturated carbocycles. The van der Waals surface area contributed by atoms with Gasteiger partial charge in [-0.2, -0.15) is 11.8 Å². The number of hydrogen-bond donors (Lipinski definition) is 2. The highest BCUT2D eigenvalue weighted by molar-refractivity contribution is 7.98. The molecule has 0 unspecified atom stereocenters. The summed E-state index contributed by atoms with van der Waals surface area (Å²) in [7, 11) is 4.10. The van der Waals surface area contributed by atoms with Crippen molar-refractivity contribution < 1.29 is 4.79 Å². The fourth-order valence-corrected chi connectivity index (χ4v) is 2.78. The smallest absolute Gasteiger partial charge is 0.294 e. The molecule has 0 saturated heterocycles. The van der Waals surface area contributed by atoms with Gasteiger partial charge in [-0.25, -0.2) is 10.8 Å². The number of aromatic nitrogens is 1. The Morgan fingerprint density at radius 3 is 3.06 bits per heavy atom. The first kappa shape index (κ1) is 13.4. The Kier molecular flexibility index (Phi) is 5.75. The summed E-state index contributed by atoms with van der Waals surface area (Å²) in [6.07, 6.45) is 0. The van der Waals surface area contributed by atoms with Crippen LogP contribution in [0.4, 0.5) is 0 Å². The molecule has 90 valence electrons. The molecule has 0 atom stereocenters. The van der Waals surface area contributed by atoms with Crippen molar-refractivity contribution in [1.29, 1.82) is 0 Å². The van der Waals surface area contributed by atoms with Crippen molar-refractivity contribution in [3.05, 3.63) is 16.1 Å². The van der Waals surface area contributed by atoms with Crippen molar-refractivity contribution in [2.75, 3.05) is 26.4 Å². The largest absolute Gasteiger partial charge is 0.309 e. The molecule has 3 N–H and O–H groups in total. The topological polar surface area (TPSA) is 71.2 Å². The summed E-state index contributed by atoms with van der Waals surface area (Å²) in [6, 6.07) is 0. The molecule has 0 aliphatic carbocycles. The maximum Gasteiger partial charge on any atom is 0.294 e. The Hall–Kier alpha value is -0.630. The maximum absolute atomic E-state index is 11.1. The summed E-state index contributed by atoms with van der Waals surface area (Å²) in [5, 5.41) is 2.32. The van der Waals surface area contributed by atoms with Crippen LogP contribution in [-0.2, 0) is 5.75 Å². The van der Waals surface area contributed by atoms with Crippen molar-refractivity contribution >= 4 is 29.0 Å². The minimum atomic E-state index is -0.324. The van der Waals surface area contributed by atoms with Crippen LogP contribution in [0.1, 0.15) is 15.5 Å². The van der Waals surface area contributed by atoms with Gasteiger partial charge in [-0.1, -0.05) is 0 Å². The number of thiazole rings is 1. The first-order valence-electron chi connectivity index (χ1n) is 4.81. The number of rotatable bonds is 6. The molecule has 7 heteroatoms. The van der Waals surface area contributed by atoms with Crippen molar-refractivity contribution in [2.45, 2.75) is 5.75 Å². The van der Waals surface area contributed by atoms with Gasteiger partial charge in [0.15, 0.2) is 5.01 Å². The van der Waals surface area contributed by atoms with Gasteiger partial charge < -0.3 is 4.90 Å². The lowest BCUT2D eigenvalue weighted by Crippen LogP contribution is -2.29. The molecule has 5 nitrogen and oxygen atoms in total. The lowest BCUT2D eigenvalue weighted by atomic mass is 10.5. The molecule has 0 radical (unpaired) electrons. The SMILES string of the molecule is CN(C)CCSCc1csc(C(=O)NN)n1. The number of nitrogens with one attached hydrogen (secondary N) is 1. The van der Waals surface area contributed by atoms with Crippen LogP contribution in [-0.4, -0.2) is 42.2 Å². The summed E-state index contributed by atoms with van der Waals surface area (Å²) in [5.74, 6) is 6.59. The molecule has 0 fully saturated rings. The van der Waals surface area contributed by atoms with Crippen LogP contribution in [0.25, 0.3) is 0 Å². The lowest BCUT2D eigenvalue weighted by molar-refractivity contribution is 0.0953. The van der Waals surface area contributed by atoms with Gasteiger partial charge >= 0.3 is 0 Å². The molecule has 0 aromatic carbocycles. The molecular formula is C9H16N4OS2. The second-order valence-corrected chi connectivity index (χ2v) is 5.44. The Balaban J connectivity index is 2.32. The monoisotopic (exact) mass is 260 g/mol. The zero-order valence-electron chi connectivity index (χ0n) is 9.40. The molecule has 0 spiro atoms. The van der Waals surface area contributed by atoms with Crippen molar-refractivity contribution in [3.8, 4) is 0 Å². The van der Waals surface area contributed by atoms with E-state index in [0.29, 0.717) is 5.01 Å². The van der Waals surface area contributed by atoms with Crippen molar-refractivity contribution in [3.63, 3.8) is 0 Å². The molecule has 0 bridgehead atoms. The molecule has 0 aliphatic heterocycles. The van der Waals surface area contributed by atoms with E-state index in [1.165, 1.54) is 11.3 Å². The van der Waals surface area contributed by atoms with Crippen LogP contribution < -0.4 is 11.3 Å². The van der Waals surface area contributed by atoms with Gasteiger partial charge in [0.1, 0.15) is 0 Å². The number of hydrazine groups is 1. The van der Waals surface area contributed by atoms with Gasteiger partial charge in [-0.15, -0.1) is 11.3 Å². The Morgan fingerprint density at radius 1 is 1.69 bits per heavy atom. The van der Waals surface area contributed by atoms with E-state index in [4.69, 9.17) is 5.84 Å². The summed E-state index contributed by atoms with van der Waals surface area (Å²) in [6.45, 7) is 1.05. The predicted molar refractivity (Wildman–Crippen MR) is 68.5 cm³/mol. The highest BCUT2D eigenvalue weighted by atomic mass is 32.2. The third-order valence-electron chi connectivity index (χ3n) is 1.81. The molecule has 0 aliphatic rings. The second-order valence-electron chi connectivity index (χ2n) is 3.47. The number of hydrogen-bond acceptors (Lipinski definition) is 6. The molecule has 1 amide bonds. The van der Waals surface area contributed by atoms with E-state index in [9.17, 15) is 4.79 Å². The summed E-state index contributed by atoms with van der Waals surface area (Å²) < 4.78 is 0. The minimum absolute atomic E-state index is 0.324.